The number of nitrogens with one attached hydrogen (secondary N) is 1. The van der Waals surface area contributed by atoms with E-state index in [1.54, 1.807) is 6.07 Å². The molecule has 1 aliphatic carbocycles. The zero-order valence-corrected chi connectivity index (χ0v) is 12.8. The van der Waals surface area contributed by atoms with Crippen LogP contribution in [0.3, 0.4) is 0 Å². The van der Waals surface area contributed by atoms with E-state index in [1.807, 2.05) is 12.1 Å². The maximum atomic E-state index is 9.54. The zero-order chi connectivity index (χ0) is 14.5. The number of ether oxygens (including phenoxy) is 1. The Morgan fingerprint density at radius 1 is 1.15 bits per heavy atom. The molecule has 0 spiro atoms. The third-order valence-electron chi connectivity index (χ3n) is 3.99. The van der Waals surface area contributed by atoms with E-state index in [1.165, 1.54) is 12.8 Å². The topological polar surface area (TPSA) is 41.5 Å². The van der Waals surface area contributed by atoms with Crippen molar-refractivity contribution in [1.82, 2.24) is 5.32 Å². The lowest BCUT2D eigenvalue weighted by atomic mass is 9.92. The molecule has 0 aliphatic heterocycles. The van der Waals surface area contributed by atoms with Crippen molar-refractivity contribution in [3.8, 4) is 5.75 Å². The molecule has 0 saturated heterocycles. The Balaban J connectivity index is 1.80. The first-order valence-corrected chi connectivity index (χ1v) is 7.75. The van der Waals surface area contributed by atoms with Gasteiger partial charge in [-0.25, -0.2) is 0 Å². The number of hydrogen-bond donors (Lipinski definition) is 2. The standard InChI is InChI=1S/C17H27NO2/c1-12(2)20-17-9-7-15(8-10-17)18-13(3)14-5-4-6-16(19)11-14/h4-6,11-13,15,17-19H,7-10H2,1-3H3. The molecule has 3 heteroatoms. The molecule has 0 aromatic heterocycles. The minimum absolute atomic E-state index is 0.273. The van der Waals surface area contributed by atoms with E-state index in [2.05, 4.69) is 32.2 Å². The fourth-order valence-electron chi connectivity index (χ4n) is 2.99. The molecule has 112 valence electrons. The molecule has 1 aromatic rings. The average molecular weight is 277 g/mol. The molecule has 20 heavy (non-hydrogen) atoms. The van der Waals surface area contributed by atoms with Crippen molar-refractivity contribution < 1.29 is 9.84 Å². The Morgan fingerprint density at radius 3 is 2.45 bits per heavy atom. The molecule has 0 radical (unpaired) electrons. The van der Waals surface area contributed by atoms with Crippen molar-refractivity contribution in [2.24, 2.45) is 0 Å². The van der Waals surface area contributed by atoms with Crippen LogP contribution < -0.4 is 5.32 Å². The minimum Gasteiger partial charge on any atom is -0.508 e. The number of benzene rings is 1. The molecule has 1 unspecified atom stereocenters. The summed E-state index contributed by atoms with van der Waals surface area (Å²) in [6.45, 7) is 6.37. The van der Waals surface area contributed by atoms with E-state index in [4.69, 9.17) is 4.74 Å². The summed E-state index contributed by atoms with van der Waals surface area (Å²) in [7, 11) is 0. The van der Waals surface area contributed by atoms with Crippen LogP contribution in [0.2, 0.25) is 0 Å². The maximum Gasteiger partial charge on any atom is 0.115 e. The maximum absolute atomic E-state index is 9.54. The van der Waals surface area contributed by atoms with Gasteiger partial charge in [0.2, 0.25) is 0 Å². The zero-order valence-electron chi connectivity index (χ0n) is 12.8. The SMILES string of the molecule is CC(C)OC1CCC(NC(C)c2cccc(O)c2)CC1. The number of aromatic hydroxyl groups is 1. The normalized spacial score (nSPS) is 24.8. The molecular weight excluding hydrogens is 250 g/mol. The van der Waals surface area contributed by atoms with Gasteiger partial charge in [0.1, 0.15) is 5.75 Å². The lowest BCUT2D eigenvalue weighted by Crippen LogP contribution is -2.37. The second kappa shape index (κ2) is 7.09. The Morgan fingerprint density at radius 2 is 1.85 bits per heavy atom. The summed E-state index contributed by atoms with van der Waals surface area (Å²) in [6.07, 6.45) is 5.38. The first-order chi connectivity index (χ1) is 9.54. The van der Waals surface area contributed by atoms with Crippen LogP contribution in [0.5, 0.6) is 5.75 Å². The molecule has 0 bridgehead atoms. The lowest BCUT2D eigenvalue weighted by Gasteiger charge is -2.32. The second-order valence-electron chi connectivity index (χ2n) is 6.14. The molecule has 1 aromatic carbocycles. The van der Waals surface area contributed by atoms with Crippen molar-refractivity contribution in [3.63, 3.8) is 0 Å². The molecule has 0 heterocycles. The Hall–Kier alpha value is -1.06. The molecule has 1 aliphatic rings. The largest absolute Gasteiger partial charge is 0.508 e. The Labute approximate surface area is 122 Å². The van der Waals surface area contributed by atoms with Gasteiger partial charge >= 0.3 is 0 Å². The summed E-state index contributed by atoms with van der Waals surface area (Å²) >= 11 is 0. The second-order valence-corrected chi connectivity index (χ2v) is 6.14. The summed E-state index contributed by atoms with van der Waals surface area (Å²) in [5.74, 6) is 0.338. The highest BCUT2D eigenvalue weighted by molar-refractivity contribution is 5.29. The molecular formula is C17H27NO2. The molecule has 3 nitrogen and oxygen atoms in total. The van der Waals surface area contributed by atoms with Crippen molar-refractivity contribution >= 4 is 0 Å². The van der Waals surface area contributed by atoms with Crippen LogP contribution in [0.4, 0.5) is 0 Å². The third-order valence-corrected chi connectivity index (χ3v) is 3.99. The first kappa shape index (κ1) is 15.3. The number of hydrogen-bond acceptors (Lipinski definition) is 3. The van der Waals surface area contributed by atoms with E-state index < -0.39 is 0 Å². The summed E-state index contributed by atoms with van der Waals surface area (Å²) in [6, 6.07) is 8.34. The minimum atomic E-state index is 0.273. The van der Waals surface area contributed by atoms with E-state index in [9.17, 15) is 5.11 Å². The van der Waals surface area contributed by atoms with E-state index in [0.717, 1.165) is 18.4 Å². The number of phenolic OH excluding ortho intramolecular Hbond substituents is 1. The van der Waals surface area contributed by atoms with Gasteiger partial charge < -0.3 is 15.2 Å². The van der Waals surface area contributed by atoms with Gasteiger partial charge in [0.25, 0.3) is 0 Å². The predicted octanol–water partition coefficient (Wildman–Crippen LogP) is 3.78. The van der Waals surface area contributed by atoms with E-state index in [-0.39, 0.29) is 6.04 Å². The van der Waals surface area contributed by atoms with Gasteiger partial charge in [0, 0.05) is 12.1 Å². The third kappa shape index (κ3) is 4.50. The molecule has 0 amide bonds. The molecule has 1 fully saturated rings. The van der Waals surface area contributed by atoms with Gasteiger partial charge in [-0.2, -0.15) is 0 Å². The molecule has 1 atom stereocenters. The van der Waals surface area contributed by atoms with Crippen molar-refractivity contribution in [2.45, 2.75) is 70.7 Å². The monoisotopic (exact) mass is 277 g/mol. The van der Waals surface area contributed by atoms with Crippen LogP contribution in [0, 0.1) is 0 Å². The first-order valence-electron chi connectivity index (χ1n) is 7.75. The predicted molar refractivity (Wildman–Crippen MR) is 81.9 cm³/mol. The highest BCUT2D eigenvalue weighted by Crippen LogP contribution is 2.25. The van der Waals surface area contributed by atoms with Crippen LogP contribution >= 0.6 is 0 Å². The van der Waals surface area contributed by atoms with Crippen molar-refractivity contribution in [1.29, 1.82) is 0 Å². The molecule has 1 saturated carbocycles. The smallest absolute Gasteiger partial charge is 0.115 e. The van der Waals surface area contributed by atoms with Crippen LogP contribution in [0.25, 0.3) is 0 Å². The van der Waals surface area contributed by atoms with Gasteiger partial charge in [-0.15, -0.1) is 0 Å². The Kier molecular flexibility index (Phi) is 5.44. The highest BCUT2D eigenvalue weighted by atomic mass is 16.5. The fourth-order valence-corrected chi connectivity index (χ4v) is 2.99. The summed E-state index contributed by atoms with van der Waals surface area (Å²) in [5.41, 5.74) is 1.14. The van der Waals surface area contributed by atoms with E-state index >= 15 is 0 Å². The number of phenols is 1. The fraction of sp³-hybridized carbons (Fsp3) is 0.647. The van der Waals surface area contributed by atoms with Crippen LogP contribution in [-0.4, -0.2) is 23.4 Å². The van der Waals surface area contributed by atoms with Crippen LogP contribution in [0.15, 0.2) is 24.3 Å². The number of rotatable bonds is 5. The van der Waals surface area contributed by atoms with Gasteiger partial charge in [-0.05, 0) is 64.2 Å². The van der Waals surface area contributed by atoms with Gasteiger partial charge in [0.05, 0.1) is 12.2 Å². The van der Waals surface area contributed by atoms with Gasteiger partial charge in [-0.3, -0.25) is 0 Å². The summed E-state index contributed by atoms with van der Waals surface area (Å²) in [4.78, 5) is 0. The van der Waals surface area contributed by atoms with Gasteiger partial charge in [-0.1, -0.05) is 12.1 Å². The highest BCUT2D eigenvalue weighted by Gasteiger charge is 2.23. The molecule has 2 N–H and O–H groups in total. The Bertz CT molecular complexity index is 411. The van der Waals surface area contributed by atoms with Crippen LogP contribution in [-0.2, 0) is 4.74 Å². The summed E-state index contributed by atoms with van der Waals surface area (Å²) in [5, 5.41) is 13.2. The lowest BCUT2D eigenvalue weighted by molar-refractivity contribution is -0.0166. The summed E-state index contributed by atoms with van der Waals surface area (Å²) < 4.78 is 5.88. The van der Waals surface area contributed by atoms with Crippen LogP contribution in [0.1, 0.15) is 58.1 Å². The quantitative estimate of drug-likeness (QED) is 0.860. The van der Waals surface area contributed by atoms with E-state index in [0.29, 0.717) is 24.0 Å². The van der Waals surface area contributed by atoms with Gasteiger partial charge in [0.15, 0.2) is 0 Å². The average Bonchev–Trinajstić information content (AvgIpc) is 2.40. The van der Waals surface area contributed by atoms with Crippen molar-refractivity contribution in [2.75, 3.05) is 0 Å². The van der Waals surface area contributed by atoms with Crippen molar-refractivity contribution in [3.05, 3.63) is 29.8 Å². The molecule has 2 rings (SSSR count).